The van der Waals surface area contributed by atoms with Crippen molar-refractivity contribution in [3.05, 3.63) is 12.4 Å². The summed E-state index contributed by atoms with van der Waals surface area (Å²) in [5, 5.41) is 10.1. The molecule has 1 aromatic rings. The summed E-state index contributed by atoms with van der Waals surface area (Å²) >= 11 is 0. The Kier molecular flexibility index (Phi) is 3.75. The molecular formula is C11H18N4O2. The number of amides is 1. The zero-order chi connectivity index (χ0) is 12.3. The van der Waals surface area contributed by atoms with E-state index >= 15 is 0 Å². The van der Waals surface area contributed by atoms with E-state index in [0.717, 1.165) is 12.2 Å². The molecule has 0 aliphatic carbocycles. The van der Waals surface area contributed by atoms with Crippen LogP contribution < -0.4 is 10.6 Å². The van der Waals surface area contributed by atoms with Gasteiger partial charge in [-0.15, -0.1) is 0 Å². The maximum absolute atomic E-state index is 12.0. The molecule has 0 aromatic carbocycles. The average Bonchev–Trinajstić information content (AvgIpc) is 2.96. The minimum absolute atomic E-state index is 0.0162. The largest absolute Gasteiger partial charge is 0.379 e. The second-order valence-corrected chi connectivity index (χ2v) is 4.11. The molecule has 1 aromatic heterocycles. The molecule has 1 fully saturated rings. The van der Waals surface area contributed by atoms with Crippen molar-refractivity contribution < 1.29 is 9.53 Å². The highest BCUT2D eigenvalue weighted by atomic mass is 16.5. The van der Waals surface area contributed by atoms with Crippen LogP contribution in [-0.4, -0.2) is 42.0 Å². The molecule has 2 atom stereocenters. The highest BCUT2D eigenvalue weighted by Gasteiger charge is 2.33. The predicted octanol–water partition coefficient (Wildman–Crippen LogP) is 0.0759. The number of rotatable bonds is 4. The van der Waals surface area contributed by atoms with Crippen molar-refractivity contribution in [3.8, 4) is 0 Å². The maximum atomic E-state index is 12.0. The molecule has 1 aliphatic heterocycles. The lowest BCUT2D eigenvalue weighted by Crippen LogP contribution is -2.39. The number of aryl methyl sites for hydroxylation is 1. The van der Waals surface area contributed by atoms with E-state index in [1.165, 1.54) is 0 Å². The third kappa shape index (κ3) is 2.65. The Labute approximate surface area is 100 Å². The van der Waals surface area contributed by atoms with Crippen LogP contribution in [0.1, 0.15) is 6.92 Å². The quantitative estimate of drug-likeness (QED) is 0.779. The Balaban J connectivity index is 1.96. The molecule has 0 bridgehead atoms. The molecule has 17 heavy (non-hydrogen) atoms. The summed E-state index contributed by atoms with van der Waals surface area (Å²) < 4.78 is 7.08. The fourth-order valence-electron chi connectivity index (χ4n) is 1.93. The van der Waals surface area contributed by atoms with Crippen LogP contribution in [0.3, 0.4) is 0 Å². The van der Waals surface area contributed by atoms with Gasteiger partial charge in [0.25, 0.3) is 0 Å². The van der Waals surface area contributed by atoms with Gasteiger partial charge in [0.1, 0.15) is 0 Å². The summed E-state index contributed by atoms with van der Waals surface area (Å²) in [4.78, 5) is 12.0. The molecule has 6 nitrogen and oxygen atoms in total. The Morgan fingerprint density at radius 1 is 1.65 bits per heavy atom. The summed E-state index contributed by atoms with van der Waals surface area (Å²) in [5.41, 5.74) is 0.735. The highest BCUT2D eigenvalue weighted by Crippen LogP contribution is 2.16. The van der Waals surface area contributed by atoms with Crippen molar-refractivity contribution in [2.45, 2.75) is 19.5 Å². The molecule has 1 amide bonds. The normalized spacial score (nSPS) is 23.9. The second-order valence-electron chi connectivity index (χ2n) is 4.11. The molecule has 2 heterocycles. The van der Waals surface area contributed by atoms with Gasteiger partial charge < -0.3 is 15.4 Å². The van der Waals surface area contributed by atoms with Gasteiger partial charge in [-0.1, -0.05) is 0 Å². The van der Waals surface area contributed by atoms with Crippen molar-refractivity contribution in [1.82, 2.24) is 15.1 Å². The van der Waals surface area contributed by atoms with E-state index in [1.807, 2.05) is 20.2 Å². The topological polar surface area (TPSA) is 68.2 Å². The number of nitrogens with one attached hydrogen (secondary N) is 2. The summed E-state index contributed by atoms with van der Waals surface area (Å²) in [7, 11) is 1.84. The van der Waals surface area contributed by atoms with E-state index in [-0.39, 0.29) is 17.9 Å². The van der Waals surface area contributed by atoms with E-state index < -0.39 is 0 Å². The van der Waals surface area contributed by atoms with E-state index in [9.17, 15) is 4.79 Å². The van der Waals surface area contributed by atoms with E-state index in [2.05, 4.69) is 15.7 Å². The van der Waals surface area contributed by atoms with E-state index in [0.29, 0.717) is 13.2 Å². The highest BCUT2D eigenvalue weighted by molar-refractivity contribution is 5.93. The van der Waals surface area contributed by atoms with Crippen molar-refractivity contribution >= 4 is 11.6 Å². The molecular weight excluding hydrogens is 220 g/mol. The summed E-state index contributed by atoms with van der Waals surface area (Å²) in [6.07, 6.45) is 3.48. The van der Waals surface area contributed by atoms with Gasteiger partial charge in [-0.25, -0.2) is 0 Å². The van der Waals surface area contributed by atoms with Crippen LogP contribution in [0.5, 0.6) is 0 Å². The Hall–Kier alpha value is -1.40. The molecule has 0 saturated carbocycles. The van der Waals surface area contributed by atoms with Crippen LogP contribution in [-0.2, 0) is 16.1 Å². The number of carbonyl (C=O) groups excluding carboxylic acids is 1. The minimum Gasteiger partial charge on any atom is -0.379 e. The van der Waals surface area contributed by atoms with E-state index in [4.69, 9.17) is 4.74 Å². The first-order valence-electron chi connectivity index (χ1n) is 5.83. The van der Waals surface area contributed by atoms with Crippen molar-refractivity contribution in [2.75, 3.05) is 25.6 Å². The SMILES string of the molecule is CCn1cc(NC(=O)C2COCC2NC)cn1. The third-order valence-corrected chi connectivity index (χ3v) is 3.01. The van der Waals surface area contributed by atoms with Crippen molar-refractivity contribution in [1.29, 1.82) is 0 Å². The van der Waals surface area contributed by atoms with Gasteiger partial charge in [-0.3, -0.25) is 9.48 Å². The summed E-state index contributed by atoms with van der Waals surface area (Å²) in [6, 6.07) is 0.0937. The number of nitrogens with zero attached hydrogens (tertiary/aromatic N) is 2. The van der Waals surface area contributed by atoms with Gasteiger partial charge in [0.05, 0.1) is 31.0 Å². The second kappa shape index (κ2) is 5.29. The van der Waals surface area contributed by atoms with Crippen LogP contribution >= 0.6 is 0 Å². The minimum atomic E-state index is -0.134. The third-order valence-electron chi connectivity index (χ3n) is 3.01. The summed E-state index contributed by atoms with van der Waals surface area (Å²) in [6.45, 7) is 3.85. The molecule has 1 aliphatic rings. The van der Waals surface area contributed by atoms with Crippen LogP contribution in [0.25, 0.3) is 0 Å². The number of likely N-dealkylation sites (N-methyl/N-ethyl adjacent to an activating group) is 1. The van der Waals surface area contributed by atoms with Gasteiger partial charge in [0.2, 0.25) is 5.91 Å². The van der Waals surface area contributed by atoms with Gasteiger partial charge in [0.15, 0.2) is 0 Å². The molecule has 0 spiro atoms. The van der Waals surface area contributed by atoms with Gasteiger partial charge in [0, 0.05) is 18.8 Å². The molecule has 94 valence electrons. The van der Waals surface area contributed by atoms with Crippen molar-refractivity contribution in [3.63, 3.8) is 0 Å². The lowest BCUT2D eigenvalue weighted by atomic mass is 10.0. The predicted molar refractivity (Wildman–Crippen MR) is 63.7 cm³/mol. The van der Waals surface area contributed by atoms with Crippen LogP contribution in [0.15, 0.2) is 12.4 Å². The monoisotopic (exact) mass is 238 g/mol. The number of hydrogen-bond acceptors (Lipinski definition) is 4. The van der Waals surface area contributed by atoms with Crippen molar-refractivity contribution in [2.24, 2.45) is 5.92 Å². The smallest absolute Gasteiger partial charge is 0.231 e. The van der Waals surface area contributed by atoms with E-state index in [1.54, 1.807) is 10.9 Å². The molecule has 0 radical (unpaired) electrons. The van der Waals surface area contributed by atoms with Crippen LogP contribution in [0.4, 0.5) is 5.69 Å². The zero-order valence-electron chi connectivity index (χ0n) is 10.1. The standard InChI is InChI=1S/C11H18N4O2/c1-3-15-5-8(4-13-15)14-11(16)9-6-17-7-10(9)12-2/h4-5,9-10,12H,3,6-7H2,1-2H3,(H,14,16). The van der Waals surface area contributed by atoms with Crippen LogP contribution in [0, 0.1) is 5.92 Å². The fourth-order valence-corrected chi connectivity index (χ4v) is 1.93. The van der Waals surface area contributed by atoms with Crippen LogP contribution in [0.2, 0.25) is 0 Å². The Morgan fingerprint density at radius 2 is 2.47 bits per heavy atom. The lowest BCUT2D eigenvalue weighted by molar-refractivity contribution is -0.120. The number of ether oxygens (including phenoxy) is 1. The Bertz CT molecular complexity index is 391. The maximum Gasteiger partial charge on any atom is 0.231 e. The molecule has 6 heteroatoms. The molecule has 1 saturated heterocycles. The van der Waals surface area contributed by atoms with Gasteiger partial charge >= 0.3 is 0 Å². The molecule has 2 unspecified atom stereocenters. The van der Waals surface area contributed by atoms with Gasteiger partial charge in [-0.05, 0) is 14.0 Å². The number of carbonyl (C=O) groups is 1. The summed E-state index contributed by atoms with van der Waals surface area (Å²) in [5.74, 6) is -0.150. The number of hydrogen-bond donors (Lipinski definition) is 2. The molecule has 2 N–H and O–H groups in total. The number of aromatic nitrogens is 2. The first-order valence-corrected chi connectivity index (χ1v) is 5.83. The first kappa shape index (κ1) is 12.1. The lowest BCUT2D eigenvalue weighted by Gasteiger charge is -2.15. The Morgan fingerprint density at radius 3 is 3.12 bits per heavy atom. The first-order chi connectivity index (χ1) is 8.24. The number of anilines is 1. The fraction of sp³-hybridized carbons (Fsp3) is 0.636. The average molecular weight is 238 g/mol. The molecule has 2 rings (SSSR count). The zero-order valence-corrected chi connectivity index (χ0v) is 10.1. The van der Waals surface area contributed by atoms with Gasteiger partial charge in [-0.2, -0.15) is 5.10 Å².